The number of anilines is 1. The lowest BCUT2D eigenvalue weighted by atomic mass is 10.2. The van der Waals surface area contributed by atoms with E-state index in [1.165, 1.54) is 18.3 Å². The lowest BCUT2D eigenvalue weighted by molar-refractivity contribution is 0.0690. The Hall–Kier alpha value is -2.89. The molecule has 0 saturated heterocycles. The molecule has 2 aromatic rings. The lowest BCUT2D eigenvalue weighted by Gasteiger charge is -2.10. The second-order valence-corrected chi connectivity index (χ2v) is 4.12. The van der Waals surface area contributed by atoms with Crippen LogP contribution in [0.5, 0.6) is 5.75 Å². The molecule has 0 aliphatic heterocycles. The van der Waals surface area contributed by atoms with Crippen molar-refractivity contribution < 1.29 is 19.4 Å². The summed E-state index contributed by atoms with van der Waals surface area (Å²) < 4.78 is 5.39. The minimum atomic E-state index is -1.15. The quantitative estimate of drug-likeness (QED) is 0.881. The highest BCUT2D eigenvalue weighted by Crippen LogP contribution is 2.19. The van der Waals surface area contributed by atoms with E-state index in [0.717, 1.165) is 0 Å². The summed E-state index contributed by atoms with van der Waals surface area (Å²) in [6.45, 7) is 2.28. The van der Waals surface area contributed by atoms with Crippen LogP contribution in [-0.4, -0.2) is 28.6 Å². The summed E-state index contributed by atoms with van der Waals surface area (Å²) in [5.41, 5.74) is 0.609. The molecule has 21 heavy (non-hydrogen) atoms. The molecule has 0 atom stereocenters. The van der Waals surface area contributed by atoms with Crippen LogP contribution in [0.1, 0.15) is 27.8 Å². The van der Waals surface area contributed by atoms with Crippen molar-refractivity contribution in [2.75, 3.05) is 11.9 Å². The van der Waals surface area contributed by atoms with Crippen LogP contribution in [0.15, 0.2) is 42.6 Å². The second kappa shape index (κ2) is 6.51. The van der Waals surface area contributed by atoms with Crippen molar-refractivity contribution in [3.63, 3.8) is 0 Å². The molecule has 6 nitrogen and oxygen atoms in total. The highest BCUT2D eigenvalue weighted by molar-refractivity contribution is 6.06. The Balaban J connectivity index is 2.22. The highest BCUT2D eigenvalue weighted by atomic mass is 16.5. The fourth-order valence-electron chi connectivity index (χ4n) is 1.76. The maximum Gasteiger partial charge on any atom is 0.354 e. The number of pyridine rings is 1. The minimum absolute atomic E-state index is 0.133. The van der Waals surface area contributed by atoms with Gasteiger partial charge in [0.25, 0.3) is 5.91 Å². The van der Waals surface area contributed by atoms with E-state index in [-0.39, 0.29) is 11.6 Å². The topological polar surface area (TPSA) is 88.5 Å². The van der Waals surface area contributed by atoms with Crippen molar-refractivity contribution in [3.8, 4) is 5.75 Å². The first-order valence-corrected chi connectivity index (χ1v) is 6.34. The summed E-state index contributed by atoms with van der Waals surface area (Å²) in [6.07, 6.45) is 1.33. The lowest BCUT2D eigenvalue weighted by Crippen LogP contribution is -2.14. The Labute approximate surface area is 121 Å². The van der Waals surface area contributed by atoms with Gasteiger partial charge in [-0.1, -0.05) is 12.1 Å². The molecule has 0 aliphatic carbocycles. The van der Waals surface area contributed by atoms with Gasteiger partial charge in [0.15, 0.2) is 0 Å². The molecule has 1 aromatic heterocycles. The average Bonchev–Trinajstić information content (AvgIpc) is 2.48. The van der Waals surface area contributed by atoms with Gasteiger partial charge in [-0.2, -0.15) is 0 Å². The van der Waals surface area contributed by atoms with Crippen LogP contribution in [0.4, 0.5) is 5.69 Å². The maximum absolute atomic E-state index is 12.2. The Morgan fingerprint density at radius 2 is 2.05 bits per heavy atom. The summed E-state index contributed by atoms with van der Waals surface area (Å²) in [4.78, 5) is 26.8. The number of hydrogen-bond donors (Lipinski definition) is 2. The fourth-order valence-corrected chi connectivity index (χ4v) is 1.76. The summed E-state index contributed by atoms with van der Waals surface area (Å²) in [7, 11) is 0. The number of carbonyl (C=O) groups excluding carboxylic acids is 1. The third-order valence-electron chi connectivity index (χ3n) is 2.67. The molecule has 108 valence electrons. The molecule has 0 bridgehead atoms. The van der Waals surface area contributed by atoms with Crippen molar-refractivity contribution in [3.05, 3.63) is 53.9 Å². The van der Waals surface area contributed by atoms with Crippen LogP contribution in [0.25, 0.3) is 0 Å². The number of carbonyl (C=O) groups is 2. The summed E-state index contributed by atoms with van der Waals surface area (Å²) in [5, 5.41) is 11.5. The number of para-hydroxylation sites is 1. The first-order valence-electron chi connectivity index (χ1n) is 6.34. The number of benzene rings is 1. The van der Waals surface area contributed by atoms with E-state index >= 15 is 0 Å². The first-order chi connectivity index (χ1) is 10.1. The van der Waals surface area contributed by atoms with Gasteiger partial charge in [0, 0.05) is 11.9 Å². The zero-order valence-corrected chi connectivity index (χ0v) is 11.4. The summed E-state index contributed by atoms with van der Waals surface area (Å²) >= 11 is 0. The minimum Gasteiger partial charge on any atom is -0.493 e. The van der Waals surface area contributed by atoms with E-state index in [9.17, 15) is 9.59 Å². The van der Waals surface area contributed by atoms with Gasteiger partial charge in [-0.3, -0.25) is 4.79 Å². The molecule has 0 spiro atoms. The Kier molecular flexibility index (Phi) is 4.50. The number of ether oxygens (including phenoxy) is 1. The molecule has 1 amide bonds. The van der Waals surface area contributed by atoms with E-state index in [1.54, 1.807) is 24.3 Å². The smallest absolute Gasteiger partial charge is 0.354 e. The number of nitrogens with zero attached hydrogens (tertiary/aromatic N) is 1. The summed E-state index contributed by atoms with van der Waals surface area (Å²) in [5.74, 6) is -1.05. The van der Waals surface area contributed by atoms with Crippen LogP contribution < -0.4 is 10.1 Å². The van der Waals surface area contributed by atoms with E-state index in [2.05, 4.69) is 10.3 Å². The standard InChI is InChI=1S/C15H14N2O4/c1-2-21-13-6-4-3-5-11(13)14(18)17-10-7-8-16-12(9-10)15(19)20/h3-9H,2H2,1H3,(H,19,20)(H,16,17,18). The van der Waals surface area contributed by atoms with Crippen molar-refractivity contribution in [2.45, 2.75) is 6.92 Å². The highest BCUT2D eigenvalue weighted by Gasteiger charge is 2.13. The van der Waals surface area contributed by atoms with E-state index in [1.807, 2.05) is 6.92 Å². The monoisotopic (exact) mass is 286 g/mol. The predicted octanol–water partition coefficient (Wildman–Crippen LogP) is 2.43. The Morgan fingerprint density at radius 3 is 2.76 bits per heavy atom. The molecule has 1 heterocycles. The van der Waals surface area contributed by atoms with Crippen LogP contribution in [-0.2, 0) is 0 Å². The average molecular weight is 286 g/mol. The van der Waals surface area contributed by atoms with Crippen LogP contribution >= 0.6 is 0 Å². The van der Waals surface area contributed by atoms with Gasteiger partial charge in [-0.05, 0) is 31.2 Å². The van der Waals surface area contributed by atoms with E-state index in [4.69, 9.17) is 9.84 Å². The molecular formula is C15H14N2O4. The van der Waals surface area contributed by atoms with Crippen molar-refractivity contribution in [2.24, 2.45) is 0 Å². The van der Waals surface area contributed by atoms with Crippen molar-refractivity contribution in [1.29, 1.82) is 0 Å². The number of hydrogen-bond acceptors (Lipinski definition) is 4. The van der Waals surface area contributed by atoms with Crippen molar-refractivity contribution in [1.82, 2.24) is 4.98 Å². The van der Waals surface area contributed by atoms with Crippen molar-refractivity contribution >= 4 is 17.6 Å². The second-order valence-electron chi connectivity index (χ2n) is 4.12. The number of nitrogens with one attached hydrogen (secondary N) is 1. The van der Waals surface area contributed by atoms with Gasteiger partial charge in [0.2, 0.25) is 0 Å². The van der Waals surface area contributed by atoms with Gasteiger partial charge in [0.1, 0.15) is 11.4 Å². The van der Waals surface area contributed by atoms with Gasteiger partial charge in [-0.15, -0.1) is 0 Å². The molecule has 6 heteroatoms. The predicted molar refractivity (Wildman–Crippen MR) is 76.8 cm³/mol. The molecule has 0 saturated carbocycles. The first kappa shape index (κ1) is 14.5. The number of carboxylic acids is 1. The van der Waals surface area contributed by atoms with Crippen LogP contribution in [0, 0.1) is 0 Å². The zero-order valence-electron chi connectivity index (χ0n) is 11.4. The number of carboxylic acid groups (broad SMARTS) is 1. The molecule has 0 unspecified atom stereocenters. The molecule has 1 aromatic carbocycles. The van der Waals surface area contributed by atoms with E-state index in [0.29, 0.717) is 23.6 Å². The molecule has 0 radical (unpaired) electrons. The SMILES string of the molecule is CCOc1ccccc1C(=O)Nc1ccnc(C(=O)O)c1. The number of aromatic carboxylic acids is 1. The van der Waals surface area contributed by atoms with Gasteiger partial charge in [0.05, 0.1) is 12.2 Å². The largest absolute Gasteiger partial charge is 0.493 e. The van der Waals surface area contributed by atoms with Crippen LogP contribution in [0.3, 0.4) is 0 Å². The van der Waals surface area contributed by atoms with Crippen LogP contribution in [0.2, 0.25) is 0 Å². The van der Waals surface area contributed by atoms with Gasteiger partial charge in [-0.25, -0.2) is 9.78 Å². The molecule has 2 N–H and O–H groups in total. The Bertz CT molecular complexity index is 670. The number of amides is 1. The fraction of sp³-hybridized carbons (Fsp3) is 0.133. The normalized spacial score (nSPS) is 9.95. The molecule has 0 aliphatic rings. The molecular weight excluding hydrogens is 272 g/mol. The summed E-state index contributed by atoms with van der Waals surface area (Å²) in [6, 6.07) is 9.66. The zero-order chi connectivity index (χ0) is 15.2. The van der Waals surface area contributed by atoms with E-state index < -0.39 is 5.97 Å². The third kappa shape index (κ3) is 3.56. The Morgan fingerprint density at radius 1 is 1.29 bits per heavy atom. The molecule has 0 fully saturated rings. The maximum atomic E-state index is 12.2. The third-order valence-corrected chi connectivity index (χ3v) is 2.67. The number of aromatic nitrogens is 1. The van der Waals surface area contributed by atoms with Gasteiger partial charge >= 0.3 is 5.97 Å². The van der Waals surface area contributed by atoms with Gasteiger partial charge < -0.3 is 15.2 Å². The number of rotatable bonds is 5. The molecule has 2 rings (SSSR count).